The van der Waals surface area contributed by atoms with Gasteiger partial charge in [0, 0.05) is 32.2 Å². The molecule has 0 unspecified atom stereocenters. The Balaban J connectivity index is 1.19. The summed E-state index contributed by atoms with van der Waals surface area (Å²) in [5.41, 5.74) is 10.8. The summed E-state index contributed by atoms with van der Waals surface area (Å²) < 4.78 is 2.57. The molecule has 10 rings (SSSR count). The quantitative estimate of drug-likeness (QED) is 0.169. The second kappa shape index (κ2) is 12.7. The van der Waals surface area contributed by atoms with Gasteiger partial charge < -0.3 is 4.90 Å². The van der Waals surface area contributed by atoms with Crippen molar-refractivity contribution in [2.24, 2.45) is 0 Å². The fraction of sp³-hybridized carbons (Fsp3) is 0. The van der Waals surface area contributed by atoms with Gasteiger partial charge in [-0.05, 0) is 98.1 Å². The number of hydrogen-bond donors (Lipinski definition) is 0. The molecule has 244 valence electrons. The van der Waals surface area contributed by atoms with Crippen LogP contribution in [0.1, 0.15) is 0 Å². The number of hydrogen-bond acceptors (Lipinski definition) is 2. The van der Waals surface area contributed by atoms with E-state index in [0.29, 0.717) is 0 Å². The number of thiophene rings is 1. The van der Waals surface area contributed by atoms with Crippen LogP contribution < -0.4 is 4.90 Å². The summed E-state index contributed by atoms with van der Waals surface area (Å²) in [5.74, 6) is 0. The molecule has 0 aliphatic rings. The minimum absolute atomic E-state index is 1.12. The third-order valence-corrected chi connectivity index (χ3v) is 11.4. The first-order chi connectivity index (χ1) is 25.8. The van der Waals surface area contributed by atoms with Gasteiger partial charge in [-0.2, -0.15) is 0 Å². The predicted octanol–water partition coefficient (Wildman–Crippen LogP) is 14.8. The molecule has 0 amide bonds. The fourth-order valence-corrected chi connectivity index (χ4v) is 8.81. The van der Waals surface area contributed by atoms with E-state index >= 15 is 0 Å². The topological polar surface area (TPSA) is 3.24 Å². The summed E-state index contributed by atoms with van der Waals surface area (Å²) in [5, 5.41) is 7.55. The first-order valence-corrected chi connectivity index (χ1v) is 18.6. The summed E-state index contributed by atoms with van der Waals surface area (Å²) in [4.78, 5) is 2.47. The summed E-state index contributed by atoms with van der Waals surface area (Å²) in [6.45, 7) is 0. The largest absolute Gasteiger partial charge is 0.308 e. The van der Waals surface area contributed by atoms with Crippen LogP contribution in [0.25, 0.3) is 75.1 Å². The molecule has 0 aliphatic heterocycles. The van der Waals surface area contributed by atoms with Crippen molar-refractivity contribution in [1.82, 2.24) is 0 Å². The Morgan fingerprint density at radius 3 is 1.46 bits per heavy atom. The van der Waals surface area contributed by atoms with Crippen LogP contribution in [0, 0.1) is 0 Å². The van der Waals surface area contributed by atoms with E-state index in [0.717, 1.165) is 11.4 Å². The van der Waals surface area contributed by atoms with E-state index in [4.69, 9.17) is 0 Å². The second-order valence-corrected chi connectivity index (χ2v) is 14.4. The molecule has 0 radical (unpaired) electrons. The van der Waals surface area contributed by atoms with Crippen molar-refractivity contribution in [2.75, 3.05) is 4.90 Å². The van der Waals surface area contributed by atoms with E-state index in [1.807, 2.05) is 11.3 Å². The Morgan fingerprint density at radius 1 is 0.308 bits per heavy atom. The molecular formula is C50H33NS. The zero-order valence-corrected chi connectivity index (χ0v) is 29.2. The van der Waals surface area contributed by atoms with E-state index in [1.54, 1.807) is 0 Å². The van der Waals surface area contributed by atoms with Gasteiger partial charge in [-0.25, -0.2) is 0 Å². The summed E-state index contributed by atoms with van der Waals surface area (Å²) in [6, 6.07) is 72.9. The lowest BCUT2D eigenvalue weighted by Crippen LogP contribution is -2.10. The molecule has 0 atom stereocenters. The summed E-state index contributed by atoms with van der Waals surface area (Å²) in [6.07, 6.45) is 0. The molecule has 0 bridgehead atoms. The third kappa shape index (κ3) is 5.33. The lowest BCUT2D eigenvalue weighted by Gasteiger charge is -2.28. The SMILES string of the molecule is c1ccc(-c2ccc(N(c3ccc(-c4ccccc4)cc3)c3c4ccccc4cc4c3sc3ccc(-c5ccc6ccccc6c5)cc34)cc2)cc1. The van der Waals surface area contributed by atoms with E-state index in [-0.39, 0.29) is 0 Å². The zero-order valence-electron chi connectivity index (χ0n) is 28.4. The van der Waals surface area contributed by atoms with Crippen molar-refractivity contribution in [3.05, 3.63) is 200 Å². The summed E-state index contributed by atoms with van der Waals surface area (Å²) >= 11 is 1.89. The van der Waals surface area contributed by atoms with Crippen molar-refractivity contribution in [2.45, 2.75) is 0 Å². The van der Waals surface area contributed by atoms with E-state index in [1.165, 1.54) is 80.8 Å². The molecule has 0 fully saturated rings. The number of fused-ring (bicyclic) bond motifs is 5. The van der Waals surface area contributed by atoms with Gasteiger partial charge in [0.05, 0.1) is 10.4 Å². The van der Waals surface area contributed by atoms with Crippen LogP contribution in [0.5, 0.6) is 0 Å². The van der Waals surface area contributed by atoms with Gasteiger partial charge in [0.15, 0.2) is 0 Å². The zero-order chi connectivity index (χ0) is 34.4. The van der Waals surface area contributed by atoms with Gasteiger partial charge in [0.1, 0.15) is 0 Å². The molecule has 0 saturated carbocycles. The van der Waals surface area contributed by atoms with Crippen LogP contribution >= 0.6 is 11.3 Å². The Bertz CT molecular complexity index is 2790. The molecule has 0 saturated heterocycles. The molecule has 1 nitrogen and oxygen atoms in total. The molecule has 2 heteroatoms. The first kappa shape index (κ1) is 30.4. The lowest BCUT2D eigenvalue weighted by atomic mass is 9.98. The molecule has 0 spiro atoms. The van der Waals surface area contributed by atoms with Crippen LogP contribution in [0.4, 0.5) is 17.1 Å². The van der Waals surface area contributed by atoms with Crippen molar-refractivity contribution in [3.8, 4) is 33.4 Å². The van der Waals surface area contributed by atoms with Gasteiger partial charge in [0.25, 0.3) is 0 Å². The van der Waals surface area contributed by atoms with Crippen molar-refractivity contribution < 1.29 is 0 Å². The first-order valence-electron chi connectivity index (χ1n) is 17.8. The maximum atomic E-state index is 2.47. The predicted molar refractivity (Wildman–Crippen MR) is 225 cm³/mol. The monoisotopic (exact) mass is 679 g/mol. The van der Waals surface area contributed by atoms with Gasteiger partial charge in [-0.3, -0.25) is 0 Å². The van der Waals surface area contributed by atoms with Crippen LogP contribution in [0.15, 0.2) is 200 Å². The number of nitrogens with zero attached hydrogens (tertiary/aromatic N) is 1. The maximum absolute atomic E-state index is 2.47. The minimum Gasteiger partial charge on any atom is -0.308 e. The van der Waals surface area contributed by atoms with Crippen molar-refractivity contribution in [3.63, 3.8) is 0 Å². The Hall–Kier alpha value is -6.48. The Labute approximate surface area is 307 Å². The highest BCUT2D eigenvalue weighted by atomic mass is 32.1. The average Bonchev–Trinajstić information content (AvgIpc) is 3.59. The van der Waals surface area contributed by atoms with Crippen LogP contribution in [-0.4, -0.2) is 0 Å². The lowest BCUT2D eigenvalue weighted by molar-refractivity contribution is 1.31. The molecule has 10 aromatic rings. The van der Waals surface area contributed by atoms with Crippen molar-refractivity contribution >= 4 is 70.1 Å². The number of rotatable bonds is 6. The highest BCUT2D eigenvalue weighted by Gasteiger charge is 2.22. The highest BCUT2D eigenvalue weighted by Crippen LogP contribution is 2.49. The van der Waals surface area contributed by atoms with E-state index < -0.39 is 0 Å². The smallest absolute Gasteiger partial charge is 0.0718 e. The maximum Gasteiger partial charge on any atom is 0.0718 e. The van der Waals surface area contributed by atoms with Gasteiger partial charge in [-0.1, -0.05) is 152 Å². The molecule has 1 heterocycles. The van der Waals surface area contributed by atoms with Crippen LogP contribution in [-0.2, 0) is 0 Å². The van der Waals surface area contributed by atoms with Crippen LogP contribution in [0.2, 0.25) is 0 Å². The summed E-state index contributed by atoms with van der Waals surface area (Å²) in [7, 11) is 0. The van der Waals surface area contributed by atoms with Crippen molar-refractivity contribution in [1.29, 1.82) is 0 Å². The van der Waals surface area contributed by atoms with Gasteiger partial charge in [-0.15, -0.1) is 11.3 Å². The fourth-order valence-electron chi connectivity index (χ4n) is 7.60. The number of anilines is 3. The molecule has 52 heavy (non-hydrogen) atoms. The standard InChI is InChI=1S/C50H33NS/c1-3-11-34(12-4-1)37-21-26-43(27-22-37)51(44-28-23-38(24-29-44)35-13-5-2-6-14-35)49-45-18-10-9-17-42(45)33-47-46-32-41(25-30-48(46)52-50(47)49)40-20-19-36-15-7-8-16-39(36)31-40/h1-33H. The van der Waals surface area contributed by atoms with E-state index in [9.17, 15) is 0 Å². The van der Waals surface area contributed by atoms with Gasteiger partial charge >= 0.3 is 0 Å². The normalized spacial score (nSPS) is 11.5. The van der Waals surface area contributed by atoms with E-state index in [2.05, 4.69) is 205 Å². The molecule has 0 N–H and O–H groups in total. The van der Waals surface area contributed by atoms with Crippen LogP contribution in [0.3, 0.4) is 0 Å². The molecular weight excluding hydrogens is 647 g/mol. The number of benzene rings is 9. The third-order valence-electron chi connectivity index (χ3n) is 10.2. The minimum atomic E-state index is 1.12. The molecule has 0 aliphatic carbocycles. The molecule has 1 aromatic heterocycles. The average molecular weight is 680 g/mol. The van der Waals surface area contributed by atoms with Gasteiger partial charge in [0.2, 0.25) is 0 Å². The molecule has 9 aromatic carbocycles. The Morgan fingerprint density at radius 2 is 0.808 bits per heavy atom. The Kier molecular flexibility index (Phi) is 7.41. The second-order valence-electron chi connectivity index (χ2n) is 13.4. The highest BCUT2D eigenvalue weighted by molar-refractivity contribution is 7.26.